The Morgan fingerprint density at radius 1 is 1.47 bits per heavy atom. The molecule has 17 heavy (non-hydrogen) atoms. The molecule has 0 amide bonds. The lowest BCUT2D eigenvalue weighted by Crippen LogP contribution is -2.26. The van der Waals surface area contributed by atoms with E-state index >= 15 is 0 Å². The Morgan fingerprint density at radius 3 is 2.65 bits per heavy atom. The second-order valence-corrected chi connectivity index (χ2v) is 4.59. The monoisotopic (exact) mass is 240 g/mol. The first kappa shape index (κ1) is 12.7. The third-order valence-electron chi connectivity index (χ3n) is 2.95. The number of nitrogens with two attached hydrogens (primary N) is 1. The summed E-state index contributed by atoms with van der Waals surface area (Å²) in [6.07, 6.45) is 5.49. The van der Waals surface area contributed by atoms with Gasteiger partial charge in [0, 0.05) is 19.1 Å². The van der Waals surface area contributed by atoms with Crippen molar-refractivity contribution in [3.63, 3.8) is 0 Å². The zero-order valence-corrected chi connectivity index (χ0v) is 11.3. The van der Waals surface area contributed by atoms with Crippen LogP contribution in [0.2, 0.25) is 0 Å². The van der Waals surface area contributed by atoms with Gasteiger partial charge >= 0.3 is 0 Å². The summed E-state index contributed by atoms with van der Waals surface area (Å²) in [5.74, 6) is 0.866. The summed E-state index contributed by atoms with van der Waals surface area (Å²) in [4.78, 5) is 0. The van der Waals surface area contributed by atoms with Gasteiger partial charge in [0.25, 0.3) is 0 Å². The molecule has 3 heteroatoms. The molecule has 3 unspecified atom stereocenters. The van der Waals surface area contributed by atoms with Gasteiger partial charge in [-0.15, -0.1) is 0 Å². The lowest BCUT2D eigenvalue weighted by atomic mass is 9.87. The topological polar surface area (TPSA) is 44.5 Å². The van der Waals surface area contributed by atoms with E-state index in [1.54, 1.807) is 14.2 Å². The average molecular weight is 240 g/mol. The number of hydrogen-bond donors (Lipinski definition) is 1. The molecule has 0 fully saturated rings. The van der Waals surface area contributed by atoms with Gasteiger partial charge in [-0.2, -0.15) is 0 Å². The number of methoxy groups -OCH3 is 2. The second-order valence-electron chi connectivity index (χ2n) is 4.59. The average Bonchev–Trinajstić information content (AvgIpc) is 2.32. The molecule has 0 aliphatic heterocycles. The molecule has 0 aromatic heterocycles. The van der Waals surface area contributed by atoms with Gasteiger partial charge in [0.1, 0.15) is 5.76 Å². The SMILES string of the molecule is [2H]C1(OC)C=C(CC(C)N)C(OC)=CC1CCC. The Labute approximate surface area is 106 Å². The summed E-state index contributed by atoms with van der Waals surface area (Å²) in [6.45, 7) is 4.06. The molecule has 0 aromatic carbocycles. The first-order valence-corrected chi connectivity index (χ1v) is 6.25. The molecule has 0 bridgehead atoms. The fourth-order valence-corrected chi connectivity index (χ4v) is 2.17. The largest absolute Gasteiger partial charge is 0.497 e. The van der Waals surface area contributed by atoms with Crippen molar-refractivity contribution in [2.24, 2.45) is 11.7 Å². The minimum atomic E-state index is -0.998. The highest BCUT2D eigenvalue weighted by molar-refractivity contribution is 5.33. The molecule has 0 spiro atoms. The normalized spacial score (nSPS) is 31.4. The highest BCUT2D eigenvalue weighted by atomic mass is 16.5. The first-order valence-electron chi connectivity index (χ1n) is 6.75. The highest BCUT2D eigenvalue weighted by Gasteiger charge is 2.25. The summed E-state index contributed by atoms with van der Waals surface area (Å²) < 4.78 is 19.2. The van der Waals surface area contributed by atoms with Crippen LogP contribution in [0.1, 0.15) is 34.5 Å². The summed E-state index contributed by atoms with van der Waals surface area (Å²) in [5.41, 5.74) is 6.81. The molecule has 1 aliphatic carbocycles. The fraction of sp³-hybridized carbons (Fsp3) is 0.714. The Bertz CT molecular complexity index is 339. The maximum Gasteiger partial charge on any atom is 0.118 e. The zero-order chi connectivity index (χ0) is 13.8. The van der Waals surface area contributed by atoms with Crippen LogP contribution in [0, 0.1) is 5.92 Å². The lowest BCUT2D eigenvalue weighted by Gasteiger charge is -2.28. The summed E-state index contributed by atoms with van der Waals surface area (Å²) in [6, 6.07) is 0.0404. The van der Waals surface area contributed by atoms with E-state index in [1.165, 1.54) is 0 Å². The van der Waals surface area contributed by atoms with Crippen LogP contribution >= 0.6 is 0 Å². The van der Waals surface area contributed by atoms with Crippen molar-refractivity contribution in [3.8, 4) is 0 Å². The molecular formula is C14H25NO2. The van der Waals surface area contributed by atoms with Gasteiger partial charge in [-0.05, 0) is 37.5 Å². The van der Waals surface area contributed by atoms with E-state index < -0.39 is 6.08 Å². The second kappa shape index (κ2) is 6.82. The van der Waals surface area contributed by atoms with Crippen LogP contribution in [-0.2, 0) is 9.47 Å². The van der Waals surface area contributed by atoms with E-state index in [0.717, 1.165) is 24.2 Å². The standard InChI is InChI=1S/C14H25NO2/c1-5-6-11-8-14(17-4)12(7-10(2)15)9-13(11)16-3/h8-11,13H,5-7,15H2,1-4H3/i13D. The van der Waals surface area contributed by atoms with E-state index in [0.29, 0.717) is 6.42 Å². The van der Waals surface area contributed by atoms with Gasteiger partial charge in [-0.3, -0.25) is 0 Å². The van der Waals surface area contributed by atoms with E-state index in [2.05, 4.69) is 6.92 Å². The van der Waals surface area contributed by atoms with Crippen molar-refractivity contribution in [2.45, 2.75) is 45.2 Å². The van der Waals surface area contributed by atoms with Crippen LogP contribution in [0.25, 0.3) is 0 Å². The molecule has 0 radical (unpaired) electrons. The van der Waals surface area contributed by atoms with Gasteiger partial charge in [0.2, 0.25) is 0 Å². The number of hydrogen-bond acceptors (Lipinski definition) is 3. The van der Waals surface area contributed by atoms with Crippen LogP contribution in [-0.4, -0.2) is 26.3 Å². The van der Waals surface area contributed by atoms with Crippen LogP contribution in [0.15, 0.2) is 23.5 Å². The van der Waals surface area contributed by atoms with Gasteiger partial charge in [-0.1, -0.05) is 13.3 Å². The van der Waals surface area contributed by atoms with Gasteiger partial charge in [-0.25, -0.2) is 0 Å². The smallest absolute Gasteiger partial charge is 0.118 e. The molecular weight excluding hydrogens is 214 g/mol. The minimum absolute atomic E-state index is 0.0271. The van der Waals surface area contributed by atoms with E-state index in [9.17, 15) is 0 Å². The third-order valence-corrected chi connectivity index (χ3v) is 2.95. The minimum Gasteiger partial charge on any atom is -0.497 e. The summed E-state index contributed by atoms with van der Waals surface area (Å²) >= 11 is 0. The Hall–Kier alpha value is -0.800. The van der Waals surface area contributed by atoms with Crippen molar-refractivity contribution in [2.75, 3.05) is 14.2 Å². The Balaban J connectivity index is 3.04. The molecule has 1 aliphatic rings. The van der Waals surface area contributed by atoms with Crippen LogP contribution in [0.3, 0.4) is 0 Å². The van der Waals surface area contributed by atoms with E-state index in [4.69, 9.17) is 16.6 Å². The van der Waals surface area contributed by atoms with E-state index in [1.807, 2.05) is 19.1 Å². The van der Waals surface area contributed by atoms with Crippen LogP contribution in [0.4, 0.5) is 0 Å². The van der Waals surface area contributed by atoms with Crippen molar-refractivity contribution in [1.82, 2.24) is 0 Å². The quantitative estimate of drug-likeness (QED) is 0.776. The predicted octanol–water partition coefficient (Wildman–Crippen LogP) is 2.63. The number of allylic oxidation sites excluding steroid dienone is 1. The molecule has 0 saturated heterocycles. The maximum absolute atomic E-state index is 8.43. The molecule has 3 nitrogen and oxygen atoms in total. The number of rotatable bonds is 6. The van der Waals surface area contributed by atoms with Crippen molar-refractivity contribution in [1.29, 1.82) is 0 Å². The molecule has 2 N–H and O–H groups in total. The van der Waals surface area contributed by atoms with Gasteiger partial charge in [0.15, 0.2) is 0 Å². The van der Waals surface area contributed by atoms with Gasteiger partial charge < -0.3 is 15.2 Å². The molecule has 0 heterocycles. The van der Waals surface area contributed by atoms with Crippen LogP contribution < -0.4 is 5.73 Å². The highest BCUT2D eigenvalue weighted by Crippen LogP contribution is 2.30. The maximum atomic E-state index is 8.43. The molecule has 98 valence electrons. The predicted molar refractivity (Wildman–Crippen MR) is 70.6 cm³/mol. The summed E-state index contributed by atoms with van der Waals surface area (Å²) in [5, 5.41) is 0. The lowest BCUT2D eigenvalue weighted by molar-refractivity contribution is 0.0968. The Kier molecular flexibility index (Phi) is 5.08. The third kappa shape index (κ3) is 3.86. The Morgan fingerprint density at radius 2 is 2.18 bits per heavy atom. The number of ether oxygens (including phenoxy) is 2. The zero-order valence-electron chi connectivity index (χ0n) is 12.3. The van der Waals surface area contributed by atoms with Gasteiger partial charge in [0.05, 0.1) is 14.6 Å². The molecule has 0 saturated carbocycles. The molecule has 3 atom stereocenters. The van der Waals surface area contributed by atoms with Crippen molar-refractivity contribution in [3.05, 3.63) is 23.5 Å². The van der Waals surface area contributed by atoms with Crippen molar-refractivity contribution < 1.29 is 10.8 Å². The molecule has 0 aromatic rings. The van der Waals surface area contributed by atoms with Crippen molar-refractivity contribution >= 4 is 0 Å². The fourth-order valence-electron chi connectivity index (χ4n) is 2.17. The van der Waals surface area contributed by atoms with Crippen LogP contribution in [0.5, 0.6) is 0 Å². The molecule has 1 rings (SSSR count). The first-order chi connectivity index (χ1) is 8.46. The van der Waals surface area contributed by atoms with E-state index in [-0.39, 0.29) is 12.0 Å². The summed E-state index contributed by atoms with van der Waals surface area (Å²) in [7, 11) is 3.24.